The highest BCUT2D eigenvalue weighted by molar-refractivity contribution is 6.25. The number of hydrogen-bond donors (Lipinski definition) is 3. The molecular weight excluding hydrogens is 324 g/mol. The number of rotatable bonds is 3. The molecule has 1 aliphatic rings. The number of ether oxygens (including phenoxy) is 1. The molecular formula is C18H14N2O5. The summed E-state index contributed by atoms with van der Waals surface area (Å²) in [6.45, 7) is -0.615. The second kappa shape index (κ2) is 5.51. The van der Waals surface area contributed by atoms with E-state index in [0.29, 0.717) is 39.2 Å². The number of aliphatic hydroxyl groups is 2. The van der Waals surface area contributed by atoms with Crippen LogP contribution in [0.4, 0.5) is 0 Å². The van der Waals surface area contributed by atoms with Crippen LogP contribution in [0.5, 0.6) is 5.88 Å². The maximum absolute atomic E-state index is 12.9. The minimum Gasteiger partial charge on any atom is -0.481 e. The number of aromatic nitrogens is 2. The summed E-state index contributed by atoms with van der Waals surface area (Å²) in [7, 11) is 1.46. The highest BCUT2D eigenvalue weighted by Gasteiger charge is 2.32. The van der Waals surface area contributed by atoms with Gasteiger partial charge in [-0.05, 0) is 29.3 Å². The predicted octanol–water partition coefficient (Wildman–Crippen LogP) is 1.13. The Hall–Kier alpha value is -3.03. The Bertz CT molecular complexity index is 1100. The molecule has 0 saturated carbocycles. The molecule has 3 N–H and O–H groups in total. The third-order valence-corrected chi connectivity index (χ3v) is 4.47. The quantitative estimate of drug-likeness (QED) is 0.516. The molecule has 2 heterocycles. The maximum Gasteiger partial charge on any atom is 0.256 e. The minimum absolute atomic E-state index is 0.217. The van der Waals surface area contributed by atoms with Gasteiger partial charge in [-0.2, -0.15) is 0 Å². The zero-order valence-electron chi connectivity index (χ0n) is 13.3. The Labute approximate surface area is 141 Å². The van der Waals surface area contributed by atoms with Crippen LogP contribution >= 0.6 is 0 Å². The molecule has 0 saturated heterocycles. The molecule has 0 spiro atoms. The Kier molecular flexibility index (Phi) is 3.41. The standard InChI is InChI=1S/C18H14N2O5/c1-25-13-3-2-10-15-14(17(23)16(10)19-13)11-4-8(6-21)9(7-22)5-12(11)18(24)20-15/h2-5,21-22H,6-7H2,1H3,(H,20,24). The van der Waals surface area contributed by atoms with Crippen molar-refractivity contribution in [3.63, 3.8) is 0 Å². The summed E-state index contributed by atoms with van der Waals surface area (Å²) in [4.78, 5) is 32.3. The van der Waals surface area contributed by atoms with Crippen LogP contribution in [-0.4, -0.2) is 33.1 Å². The van der Waals surface area contributed by atoms with Crippen LogP contribution < -0.4 is 10.3 Å². The summed E-state index contributed by atoms with van der Waals surface area (Å²) in [6.07, 6.45) is 0. The Morgan fingerprint density at radius 3 is 2.40 bits per heavy atom. The molecule has 1 aromatic carbocycles. The van der Waals surface area contributed by atoms with E-state index < -0.39 is 0 Å². The topological polar surface area (TPSA) is 113 Å². The summed E-state index contributed by atoms with van der Waals surface area (Å²) in [5.74, 6) is -0.00374. The van der Waals surface area contributed by atoms with Crippen LogP contribution in [0, 0.1) is 0 Å². The number of aromatic amines is 1. The first kappa shape index (κ1) is 15.5. The second-order valence-corrected chi connectivity index (χ2v) is 5.77. The molecule has 7 heteroatoms. The van der Waals surface area contributed by atoms with Crippen LogP contribution in [0.15, 0.2) is 29.1 Å². The highest BCUT2D eigenvalue weighted by atomic mass is 16.5. The van der Waals surface area contributed by atoms with E-state index in [-0.39, 0.29) is 35.6 Å². The molecule has 3 aromatic rings. The molecule has 25 heavy (non-hydrogen) atoms. The van der Waals surface area contributed by atoms with Gasteiger partial charge in [-0.1, -0.05) is 0 Å². The fraction of sp³-hybridized carbons (Fsp3) is 0.167. The van der Waals surface area contributed by atoms with E-state index in [0.717, 1.165) is 0 Å². The molecule has 0 bridgehead atoms. The van der Waals surface area contributed by atoms with Crippen LogP contribution in [-0.2, 0) is 13.2 Å². The summed E-state index contributed by atoms with van der Waals surface area (Å²) in [5, 5.41) is 19.7. The van der Waals surface area contributed by atoms with Crippen molar-refractivity contribution in [2.45, 2.75) is 13.2 Å². The molecule has 0 aliphatic heterocycles. The van der Waals surface area contributed by atoms with Crippen molar-refractivity contribution in [1.82, 2.24) is 9.97 Å². The smallest absolute Gasteiger partial charge is 0.256 e. The monoisotopic (exact) mass is 338 g/mol. The van der Waals surface area contributed by atoms with Crippen LogP contribution in [0.1, 0.15) is 27.2 Å². The van der Waals surface area contributed by atoms with Crippen molar-refractivity contribution in [2.24, 2.45) is 0 Å². The van der Waals surface area contributed by atoms with Gasteiger partial charge >= 0.3 is 0 Å². The van der Waals surface area contributed by atoms with Crippen molar-refractivity contribution in [2.75, 3.05) is 7.11 Å². The Morgan fingerprint density at radius 1 is 1.08 bits per heavy atom. The predicted molar refractivity (Wildman–Crippen MR) is 89.6 cm³/mol. The Balaban J connectivity index is 2.09. The first-order valence-corrected chi connectivity index (χ1v) is 7.62. The number of hydrogen-bond acceptors (Lipinski definition) is 6. The number of methoxy groups -OCH3 is 1. The fourth-order valence-corrected chi connectivity index (χ4v) is 3.24. The first-order chi connectivity index (χ1) is 12.1. The van der Waals surface area contributed by atoms with Gasteiger partial charge < -0.3 is 19.9 Å². The van der Waals surface area contributed by atoms with E-state index in [2.05, 4.69) is 9.97 Å². The molecule has 1 aliphatic carbocycles. The number of pyridine rings is 2. The van der Waals surface area contributed by atoms with Gasteiger partial charge in [0, 0.05) is 22.4 Å². The van der Waals surface area contributed by atoms with E-state index >= 15 is 0 Å². The van der Waals surface area contributed by atoms with Crippen molar-refractivity contribution in [1.29, 1.82) is 0 Å². The summed E-state index contributed by atoms with van der Waals surface area (Å²) in [5.41, 5.74) is 2.05. The number of fused-ring (bicyclic) bond motifs is 5. The van der Waals surface area contributed by atoms with E-state index in [9.17, 15) is 19.8 Å². The van der Waals surface area contributed by atoms with Gasteiger partial charge in [-0.15, -0.1) is 0 Å². The van der Waals surface area contributed by atoms with Crippen molar-refractivity contribution >= 4 is 16.6 Å². The number of carbonyl (C=O) groups excluding carboxylic acids is 1. The largest absolute Gasteiger partial charge is 0.481 e. The molecule has 7 nitrogen and oxygen atoms in total. The van der Waals surface area contributed by atoms with Crippen molar-refractivity contribution in [3.05, 3.63) is 57.0 Å². The molecule has 0 unspecified atom stereocenters. The summed E-state index contributed by atoms with van der Waals surface area (Å²) in [6, 6.07) is 6.39. The van der Waals surface area contributed by atoms with Crippen molar-refractivity contribution in [3.8, 4) is 17.1 Å². The molecule has 2 aromatic heterocycles. The van der Waals surface area contributed by atoms with Gasteiger partial charge in [0.15, 0.2) is 0 Å². The van der Waals surface area contributed by atoms with Gasteiger partial charge in [0.25, 0.3) is 5.56 Å². The van der Waals surface area contributed by atoms with Gasteiger partial charge in [0.1, 0.15) is 5.69 Å². The lowest BCUT2D eigenvalue weighted by atomic mass is 9.98. The maximum atomic E-state index is 12.9. The molecule has 4 rings (SSSR count). The lowest BCUT2D eigenvalue weighted by Gasteiger charge is -2.10. The zero-order valence-corrected chi connectivity index (χ0v) is 13.3. The van der Waals surface area contributed by atoms with E-state index in [4.69, 9.17) is 4.74 Å². The average molecular weight is 338 g/mol. The minimum atomic E-state index is -0.371. The molecule has 126 valence electrons. The number of nitrogens with one attached hydrogen (secondary N) is 1. The lowest BCUT2D eigenvalue weighted by Crippen LogP contribution is -2.11. The molecule has 0 atom stereocenters. The molecule has 0 radical (unpaired) electrons. The summed E-state index contributed by atoms with van der Waals surface area (Å²) < 4.78 is 5.07. The van der Waals surface area contributed by atoms with Crippen LogP contribution in [0.25, 0.3) is 22.0 Å². The summed E-state index contributed by atoms with van der Waals surface area (Å²) >= 11 is 0. The van der Waals surface area contributed by atoms with Gasteiger partial charge in [-0.25, -0.2) is 4.98 Å². The normalized spacial score (nSPS) is 12.4. The SMILES string of the molecule is COc1ccc2c(n1)C(=O)c1c-2[nH]c(=O)c2cc(CO)c(CO)cc12. The number of ketones is 1. The average Bonchev–Trinajstić information content (AvgIpc) is 2.92. The third-order valence-electron chi connectivity index (χ3n) is 4.47. The zero-order chi connectivity index (χ0) is 17.7. The number of aliphatic hydroxyl groups excluding tert-OH is 2. The number of H-pyrrole nitrogens is 1. The van der Waals surface area contributed by atoms with Gasteiger partial charge in [-0.3, -0.25) is 9.59 Å². The highest BCUT2D eigenvalue weighted by Crippen LogP contribution is 2.38. The van der Waals surface area contributed by atoms with E-state index in [1.54, 1.807) is 18.2 Å². The van der Waals surface area contributed by atoms with Gasteiger partial charge in [0.05, 0.1) is 31.6 Å². The van der Waals surface area contributed by atoms with Crippen LogP contribution in [0.2, 0.25) is 0 Å². The lowest BCUT2D eigenvalue weighted by molar-refractivity contribution is 0.103. The molecule has 0 amide bonds. The van der Waals surface area contributed by atoms with E-state index in [1.807, 2.05) is 0 Å². The van der Waals surface area contributed by atoms with Gasteiger partial charge in [0.2, 0.25) is 11.7 Å². The Morgan fingerprint density at radius 2 is 1.76 bits per heavy atom. The molecule has 0 fully saturated rings. The van der Waals surface area contributed by atoms with Crippen LogP contribution in [0.3, 0.4) is 0 Å². The number of benzene rings is 1. The van der Waals surface area contributed by atoms with Crippen molar-refractivity contribution < 1.29 is 19.7 Å². The number of nitrogens with zero attached hydrogens (tertiary/aromatic N) is 1. The van der Waals surface area contributed by atoms with E-state index in [1.165, 1.54) is 13.2 Å². The third kappa shape index (κ3) is 2.10. The second-order valence-electron chi connectivity index (χ2n) is 5.77. The fourth-order valence-electron chi connectivity index (χ4n) is 3.24. The first-order valence-electron chi connectivity index (χ1n) is 7.62. The number of carbonyl (C=O) groups is 1.